The van der Waals surface area contributed by atoms with Crippen LogP contribution in [-0.2, 0) is 0 Å². The Morgan fingerprint density at radius 1 is 1.29 bits per heavy atom. The van der Waals surface area contributed by atoms with Crippen molar-refractivity contribution < 1.29 is 0 Å². The summed E-state index contributed by atoms with van der Waals surface area (Å²) in [6.07, 6.45) is 1.09. The normalized spacial score (nSPS) is 19.6. The minimum absolute atomic E-state index is 0.0310. The van der Waals surface area contributed by atoms with E-state index in [-0.39, 0.29) is 5.56 Å². The van der Waals surface area contributed by atoms with Gasteiger partial charge in [-0.3, -0.25) is 4.79 Å². The van der Waals surface area contributed by atoms with Gasteiger partial charge in [0, 0.05) is 18.0 Å². The molecule has 0 amide bonds. The molecule has 2 heterocycles. The molecule has 17 heavy (non-hydrogen) atoms. The molecule has 1 fully saturated rings. The first-order chi connectivity index (χ1) is 8.33. The molecule has 0 bridgehead atoms. The highest BCUT2D eigenvalue weighted by Gasteiger charge is 2.14. The molecule has 1 aliphatic heterocycles. The lowest BCUT2D eigenvalue weighted by atomic mass is 10.1. The third-order valence-corrected chi connectivity index (χ3v) is 3.17. The molecule has 0 saturated carbocycles. The van der Waals surface area contributed by atoms with Gasteiger partial charge in [0.1, 0.15) is 5.82 Å². The molecule has 1 aromatic heterocycles. The van der Waals surface area contributed by atoms with Crippen molar-refractivity contribution in [2.45, 2.75) is 12.5 Å². The number of hydrogen-bond acceptors (Lipinski definition) is 3. The molecular formula is C13H15N3O. The molecule has 1 unspecified atom stereocenters. The summed E-state index contributed by atoms with van der Waals surface area (Å²) < 4.78 is 0. The van der Waals surface area contributed by atoms with Crippen LogP contribution < -0.4 is 16.2 Å². The van der Waals surface area contributed by atoms with Gasteiger partial charge in [0.15, 0.2) is 0 Å². The van der Waals surface area contributed by atoms with Crippen molar-refractivity contribution in [2.24, 2.45) is 0 Å². The van der Waals surface area contributed by atoms with Crippen molar-refractivity contribution >= 4 is 16.6 Å². The highest BCUT2D eigenvalue weighted by molar-refractivity contribution is 5.83. The van der Waals surface area contributed by atoms with Gasteiger partial charge in [-0.25, -0.2) is 0 Å². The Kier molecular flexibility index (Phi) is 2.57. The molecule has 1 saturated heterocycles. The number of pyridine rings is 1. The zero-order chi connectivity index (χ0) is 11.7. The number of nitrogens with one attached hydrogen (secondary N) is 3. The summed E-state index contributed by atoms with van der Waals surface area (Å²) in [5.74, 6) is 0.808. The van der Waals surface area contributed by atoms with Crippen molar-refractivity contribution in [3.8, 4) is 0 Å². The summed E-state index contributed by atoms with van der Waals surface area (Å²) in [4.78, 5) is 14.7. The first kappa shape index (κ1) is 10.4. The van der Waals surface area contributed by atoms with Crippen LogP contribution in [0.5, 0.6) is 0 Å². The van der Waals surface area contributed by atoms with Gasteiger partial charge in [-0.05, 0) is 30.5 Å². The van der Waals surface area contributed by atoms with E-state index >= 15 is 0 Å². The van der Waals surface area contributed by atoms with E-state index in [0.29, 0.717) is 6.04 Å². The van der Waals surface area contributed by atoms with Crippen LogP contribution in [0, 0.1) is 0 Å². The maximum atomic E-state index is 11.9. The molecule has 3 N–H and O–H groups in total. The third kappa shape index (κ3) is 2.03. The lowest BCUT2D eigenvalue weighted by Crippen LogP contribution is -2.24. The van der Waals surface area contributed by atoms with Crippen LogP contribution in [0.15, 0.2) is 35.1 Å². The fourth-order valence-corrected chi connectivity index (χ4v) is 2.29. The minimum atomic E-state index is -0.0310. The van der Waals surface area contributed by atoms with E-state index in [1.165, 1.54) is 0 Å². The fraction of sp³-hybridized carbons (Fsp3) is 0.308. The second kappa shape index (κ2) is 4.22. The van der Waals surface area contributed by atoms with Gasteiger partial charge in [0.2, 0.25) is 0 Å². The second-order valence-electron chi connectivity index (χ2n) is 4.43. The molecule has 0 radical (unpaired) electrons. The number of benzene rings is 1. The predicted molar refractivity (Wildman–Crippen MR) is 69.5 cm³/mol. The number of fused-ring (bicyclic) bond motifs is 1. The average Bonchev–Trinajstić information content (AvgIpc) is 2.82. The van der Waals surface area contributed by atoms with Crippen LogP contribution >= 0.6 is 0 Å². The highest BCUT2D eigenvalue weighted by Crippen LogP contribution is 2.14. The number of aromatic nitrogens is 1. The lowest BCUT2D eigenvalue weighted by molar-refractivity contribution is 0.787. The van der Waals surface area contributed by atoms with Crippen LogP contribution in [-0.4, -0.2) is 24.1 Å². The third-order valence-electron chi connectivity index (χ3n) is 3.17. The topological polar surface area (TPSA) is 56.9 Å². The minimum Gasteiger partial charge on any atom is -0.367 e. The molecule has 1 aliphatic rings. The number of aromatic amines is 1. The van der Waals surface area contributed by atoms with E-state index in [1.54, 1.807) is 0 Å². The average molecular weight is 229 g/mol. The van der Waals surface area contributed by atoms with Crippen LogP contribution in [0.2, 0.25) is 0 Å². The first-order valence-corrected chi connectivity index (χ1v) is 5.92. The monoisotopic (exact) mass is 229 g/mol. The van der Waals surface area contributed by atoms with E-state index in [0.717, 1.165) is 36.1 Å². The van der Waals surface area contributed by atoms with Crippen molar-refractivity contribution in [3.05, 3.63) is 40.7 Å². The molecule has 0 spiro atoms. The maximum Gasteiger partial charge on any atom is 0.257 e. The summed E-state index contributed by atoms with van der Waals surface area (Å²) in [6.45, 7) is 1.99. The number of rotatable bonds is 2. The smallest absolute Gasteiger partial charge is 0.257 e. The second-order valence-corrected chi connectivity index (χ2v) is 4.43. The molecule has 3 rings (SSSR count). The first-order valence-electron chi connectivity index (χ1n) is 5.92. The molecule has 0 aliphatic carbocycles. The number of anilines is 1. The Balaban J connectivity index is 1.97. The fourth-order valence-electron chi connectivity index (χ4n) is 2.29. The van der Waals surface area contributed by atoms with Crippen LogP contribution in [0.25, 0.3) is 10.8 Å². The molecule has 4 nitrogen and oxygen atoms in total. The van der Waals surface area contributed by atoms with E-state index in [1.807, 2.05) is 30.3 Å². The Hall–Kier alpha value is -1.81. The van der Waals surface area contributed by atoms with Crippen molar-refractivity contribution in [1.29, 1.82) is 0 Å². The van der Waals surface area contributed by atoms with Crippen molar-refractivity contribution in [1.82, 2.24) is 10.3 Å². The summed E-state index contributed by atoms with van der Waals surface area (Å²) in [6, 6.07) is 10.0. The molecular weight excluding hydrogens is 214 g/mol. The predicted octanol–water partition coefficient (Wildman–Crippen LogP) is 1.30. The molecule has 1 aromatic carbocycles. The van der Waals surface area contributed by atoms with Gasteiger partial charge in [0.05, 0.1) is 0 Å². The van der Waals surface area contributed by atoms with Gasteiger partial charge < -0.3 is 15.6 Å². The SMILES string of the molecule is O=c1[nH]c(NC2CCNC2)cc2ccccc12. The van der Waals surface area contributed by atoms with Crippen molar-refractivity contribution in [3.63, 3.8) is 0 Å². The Morgan fingerprint density at radius 2 is 2.18 bits per heavy atom. The highest BCUT2D eigenvalue weighted by atomic mass is 16.1. The summed E-state index contributed by atoms with van der Waals surface area (Å²) in [5, 5.41) is 8.36. The standard InChI is InChI=1S/C13H15N3O/c17-13-11-4-2-1-3-9(11)7-12(16-13)15-10-5-6-14-8-10/h1-4,7,10,14H,5-6,8H2,(H2,15,16,17). The zero-order valence-corrected chi connectivity index (χ0v) is 9.49. The van der Waals surface area contributed by atoms with Gasteiger partial charge in [0.25, 0.3) is 5.56 Å². The van der Waals surface area contributed by atoms with Crippen LogP contribution in [0.1, 0.15) is 6.42 Å². The summed E-state index contributed by atoms with van der Waals surface area (Å²) in [7, 11) is 0. The van der Waals surface area contributed by atoms with Gasteiger partial charge in [-0.1, -0.05) is 18.2 Å². The van der Waals surface area contributed by atoms with Gasteiger partial charge in [-0.15, -0.1) is 0 Å². The van der Waals surface area contributed by atoms with E-state index in [9.17, 15) is 4.79 Å². The molecule has 1 atom stereocenters. The van der Waals surface area contributed by atoms with E-state index in [2.05, 4.69) is 15.6 Å². The number of hydrogen-bond donors (Lipinski definition) is 3. The lowest BCUT2D eigenvalue weighted by Gasteiger charge is -2.12. The van der Waals surface area contributed by atoms with Gasteiger partial charge >= 0.3 is 0 Å². The van der Waals surface area contributed by atoms with Crippen molar-refractivity contribution in [2.75, 3.05) is 18.4 Å². The zero-order valence-electron chi connectivity index (χ0n) is 9.49. The van der Waals surface area contributed by atoms with Crippen LogP contribution in [0.3, 0.4) is 0 Å². The summed E-state index contributed by atoms with van der Waals surface area (Å²) in [5.41, 5.74) is -0.0310. The Labute approximate surface area is 99.0 Å². The quantitative estimate of drug-likeness (QED) is 0.727. The largest absolute Gasteiger partial charge is 0.367 e. The maximum absolute atomic E-state index is 11.9. The van der Waals surface area contributed by atoms with Crippen LogP contribution in [0.4, 0.5) is 5.82 Å². The molecule has 4 heteroatoms. The summed E-state index contributed by atoms with van der Waals surface area (Å²) >= 11 is 0. The van der Waals surface area contributed by atoms with E-state index in [4.69, 9.17) is 0 Å². The Bertz CT molecular complexity index is 584. The molecule has 2 aromatic rings. The van der Waals surface area contributed by atoms with Gasteiger partial charge in [-0.2, -0.15) is 0 Å². The Morgan fingerprint density at radius 3 is 3.00 bits per heavy atom. The number of H-pyrrole nitrogens is 1. The van der Waals surface area contributed by atoms with E-state index < -0.39 is 0 Å². The molecule has 88 valence electrons.